The number of carbonyl (C=O) groups is 1. The van der Waals surface area contributed by atoms with E-state index in [2.05, 4.69) is 25.9 Å². The van der Waals surface area contributed by atoms with E-state index in [0.29, 0.717) is 29.3 Å². The molecule has 138 valence electrons. The zero-order chi connectivity index (χ0) is 19.1. The number of hydrogen-bond acceptors (Lipinski definition) is 5. The summed E-state index contributed by atoms with van der Waals surface area (Å²) in [5, 5.41) is 11.0. The van der Waals surface area contributed by atoms with Gasteiger partial charge in [-0.3, -0.25) is 0 Å². The highest BCUT2D eigenvalue weighted by molar-refractivity contribution is 9.10. The van der Waals surface area contributed by atoms with Gasteiger partial charge in [-0.15, -0.1) is 0 Å². The molecule has 7 nitrogen and oxygen atoms in total. The van der Waals surface area contributed by atoms with Gasteiger partial charge in [0.25, 0.3) is 0 Å². The van der Waals surface area contributed by atoms with Gasteiger partial charge in [0.15, 0.2) is 0 Å². The number of imidazole rings is 1. The van der Waals surface area contributed by atoms with Crippen LogP contribution in [0.5, 0.6) is 0 Å². The number of halogens is 1. The standard InChI is InChI=1S/C18H21BrN4O3/c1-5-22(17(24)26-18(2,3)4)10-15-20-13-9-23(25)14-8-11(19)6-7-12(14)16(13)21-15/h6-9,25H,5,10H2,1-4H3. The van der Waals surface area contributed by atoms with E-state index in [1.54, 1.807) is 4.90 Å². The van der Waals surface area contributed by atoms with Crippen LogP contribution in [0.25, 0.3) is 22.3 Å². The van der Waals surface area contributed by atoms with E-state index in [4.69, 9.17) is 4.74 Å². The SMILES string of the molecule is CCN(Cc1nc2cn(O)c3cc(Br)ccc3c-2n1)C(=O)OC(C)(C)C. The zero-order valence-corrected chi connectivity index (χ0v) is 16.7. The van der Waals surface area contributed by atoms with E-state index in [0.717, 1.165) is 14.6 Å². The van der Waals surface area contributed by atoms with Gasteiger partial charge < -0.3 is 14.8 Å². The summed E-state index contributed by atoms with van der Waals surface area (Å²) in [5.74, 6) is 0.503. The van der Waals surface area contributed by atoms with Gasteiger partial charge in [0.05, 0.1) is 18.3 Å². The summed E-state index contributed by atoms with van der Waals surface area (Å²) in [6.45, 7) is 8.08. The van der Waals surface area contributed by atoms with E-state index >= 15 is 0 Å². The maximum Gasteiger partial charge on any atom is 0.410 e. The molecular weight excluding hydrogens is 400 g/mol. The number of rotatable bonds is 3. The third-order valence-corrected chi connectivity index (χ3v) is 4.30. The molecule has 0 bridgehead atoms. The molecule has 1 N–H and O–H groups in total. The van der Waals surface area contributed by atoms with Crippen molar-refractivity contribution in [3.05, 3.63) is 34.7 Å². The largest absolute Gasteiger partial charge is 0.444 e. The second-order valence-corrected chi connectivity index (χ2v) is 7.92. The predicted octanol–water partition coefficient (Wildman–Crippen LogP) is 4.29. The number of benzene rings is 1. The molecule has 2 aliphatic rings. The van der Waals surface area contributed by atoms with Crippen LogP contribution in [0, 0.1) is 0 Å². The second-order valence-electron chi connectivity index (χ2n) is 7.00. The van der Waals surface area contributed by atoms with Gasteiger partial charge in [-0.25, -0.2) is 14.8 Å². The first-order chi connectivity index (χ1) is 12.2. The minimum atomic E-state index is -0.561. The topological polar surface area (TPSA) is 80.5 Å². The van der Waals surface area contributed by atoms with Crippen molar-refractivity contribution in [3.63, 3.8) is 0 Å². The highest BCUT2D eigenvalue weighted by atomic mass is 79.9. The highest BCUT2D eigenvalue weighted by Crippen LogP contribution is 2.30. The lowest BCUT2D eigenvalue weighted by molar-refractivity contribution is 0.0240. The molecule has 8 heteroatoms. The average Bonchev–Trinajstić information content (AvgIpc) is 2.93. The molecule has 0 saturated heterocycles. The maximum atomic E-state index is 12.3. The quantitative estimate of drug-likeness (QED) is 0.638. The normalized spacial score (nSPS) is 11.9. The first-order valence-electron chi connectivity index (χ1n) is 8.32. The van der Waals surface area contributed by atoms with Gasteiger partial charge >= 0.3 is 6.09 Å². The summed E-state index contributed by atoms with van der Waals surface area (Å²) >= 11 is 3.40. The minimum Gasteiger partial charge on any atom is -0.444 e. The molecule has 2 aliphatic heterocycles. The maximum absolute atomic E-state index is 12.3. The van der Waals surface area contributed by atoms with Crippen LogP contribution in [0.3, 0.4) is 0 Å². The number of carbonyl (C=O) groups excluding carboxylic acids is 1. The van der Waals surface area contributed by atoms with E-state index in [1.807, 2.05) is 45.9 Å². The fourth-order valence-electron chi connectivity index (χ4n) is 2.64. The van der Waals surface area contributed by atoms with Crippen LogP contribution in [0.15, 0.2) is 28.9 Å². The number of ether oxygens (including phenoxy) is 1. The first-order valence-corrected chi connectivity index (χ1v) is 9.11. The van der Waals surface area contributed by atoms with E-state index < -0.39 is 11.7 Å². The van der Waals surface area contributed by atoms with Crippen LogP contribution in [0.4, 0.5) is 4.79 Å². The van der Waals surface area contributed by atoms with Gasteiger partial charge in [0.1, 0.15) is 22.8 Å². The molecule has 0 radical (unpaired) electrons. The fraction of sp³-hybridized carbons (Fsp3) is 0.389. The Bertz CT molecular complexity index is 932. The van der Waals surface area contributed by atoms with Crippen LogP contribution in [-0.2, 0) is 11.3 Å². The second kappa shape index (κ2) is 6.75. The summed E-state index contributed by atoms with van der Waals surface area (Å²) in [4.78, 5) is 22.9. The van der Waals surface area contributed by atoms with Crippen molar-refractivity contribution >= 4 is 32.9 Å². The summed E-state index contributed by atoms with van der Waals surface area (Å²) < 4.78 is 7.31. The smallest absolute Gasteiger partial charge is 0.410 e. The molecule has 26 heavy (non-hydrogen) atoms. The van der Waals surface area contributed by atoms with Crippen molar-refractivity contribution in [3.8, 4) is 11.4 Å². The van der Waals surface area contributed by atoms with Crippen LogP contribution >= 0.6 is 15.9 Å². The Hall–Kier alpha value is -2.35. The lowest BCUT2D eigenvalue weighted by atomic mass is 10.1. The first kappa shape index (κ1) is 18.4. The van der Waals surface area contributed by atoms with Crippen LogP contribution < -0.4 is 0 Å². The van der Waals surface area contributed by atoms with Crippen LogP contribution in [0.2, 0.25) is 0 Å². The molecule has 1 aromatic carbocycles. The third kappa shape index (κ3) is 3.75. The van der Waals surface area contributed by atoms with Crippen molar-refractivity contribution in [1.82, 2.24) is 19.6 Å². The Morgan fingerprint density at radius 1 is 1.35 bits per heavy atom. The number of hydrogen-bond donors (Lipinski definition) is 1. The Kier molecular flexibility index (Phi) is 4.79. The zero-order valence-electron chi connectivity index (χ0n) is 15.2. The van der Waals surface area contributed by atoms with E-state index in [-0.39, 0.29) is 6.54 Å². The monoisotopic (exact) mass is 420 g/mol. The highest BCUT2D eigenvalue weighted by Gasteiger charge is 2.24. The Morgan fingerprint density at radius 3 is 2.73 bits per heavy atom. The van der Waals surface area contributed by atoms with Crippen molar-refractivity contribution in [2.75, 3.05) is 6.54 Å². The minimum absolute atomic E-state index is 0.240. The summed E-state index contributed by atoms with van der Waals surface area (Å²) in [6.07, 6.45) is 1.12. The molecule has 0 unspecified atom stereocenters. The summed E-state index contributed by atoms with van der Waals surface area (Å²) in [5.41, 5.74) is 1.32. The number of aromatic nitrogens is 3. The van der Waals surface area contributed by atoms with Gasteiger partial charge in [-0.2, -0.15) is 4.73 Å². The molecule has 0 spiro atoms. The van der Waals surface area contributed by atoms with Gasteiger partial charge in [0.2, 0.25) is 0 Å². The Morgan fingerprint density at radius 2 is 2.08 bits per heavy atom. The number of amides is 1. The number of nitrogens with zero attached hydrogens (tertiary/aromatic N) is 4. The van der Waals surface area contributed by atoms with Crippen molar-refractivity contribution < 1.29 is 14.7 Å². The molecular formula is C18H21BrN4O3. The van der Waals surface area contributed by atoms with Gasteiger partial charge in [-0.1, -0.05) is 15.9 Å². The fourth-order valence-corrected chi connectivity index (χ4v) is 2.99. The molecule has 0 aromatic heterocycles. The van der Waals surface area contributed by atoms with Crippen molar-refractivity contribution in [1.29, 1.82) is 0 Å². The third-order valence-electron chi connectivity index (χ3n) is 3.80. The molecule has 0 fully saturated rings. The molecule has 3 rings (SSSR count). The van der Waals surface area contributed by atoms with E-state index in [1.165, 1.54) is 6.20 Å². The molecule has 2 heterocycles. The lowest BCUT2D eigenvalue weighted by Crippen LogP contribution is -2.36. The summed E-state index contributed by atoms with van der Waals surface area (Å²) in [7, 11) is 0. The lowest BCUT2D eigenvalue weighted by Gasteiger charge is -2.25. The number of fused-ring (bicyclic) bond motifs is 3. The van der Waals surface area contributed by atoms with Gasteiger partial charge in [0, 0.05) is 16.4 Å². The Labute approximate surface area is 160 Å². The van der Waals surface area contributed by atoms with Crippen LogP contribution in [-0.4, -0.2) is 43.0 Å². The Balaban J connectivity index is 1.95. The molecule has 0 atom stereocenters. The van der Waals surface area contributed by atoms with Crippen molar-refractivity contribution in [2.45, 2.75) is 39.8 Å². The molecule has 1 amide bonds. The molecule has 0 saturated carbocycles. The van der Waals surface area contributed by atoms with Crippen LogP contribution in [0.1, 0.15) is 33.5 Å². The molecule has 1 aromatic rings. The van der Waals surface area contributed by atoms with Gasteiger partial charge in [-0.05, 0) is 45.9 Å². The number of pyridine rings is 1. The molecule has 0 aliphatic carbocycles. The van der Waals surface area contributed by atoms with E-state index in [9.17, 15) is 10.0 Å². The predicted molar refractivity (Wildman–Crippen MR) is 101 cm³/mol. The average molecular weight is 421 g/mol. The van der Waals surface area contributed by atoms with Crippen molar-refractivity contribution in [2.24, 2.45) is 0 Å². The summed E-state index contributed by atoms with van der Waals surface area (Å²) in [6, 6.07) is 5.57.